The summed E-state index contributed by atoms with van der Waals surface area (Å²) in [5, 5.41) is 15.4. The molecule has 3 atom stereocenters. The van der Waals surface area contributed by atoms with Gasteiger partial charge >= 0.3 is 0 Å². The minimum absolute atomic E-state index is 0.0165. The lowest BCUT2D eigenvalue weighted by Crippen LogP contribution is -2.51. The van der Waals surface area contributed by atoms with E-state index in [0.29, 0.717) is 36.6 Å². The van der Waals surface area contributed by atoms with Gasteiger partial charge in [-0.15, -0.1) is 0 Å². The highest BCUT2D eigenvalue weighted by atomic mass is 35.5. The van der Waals surface area contributed by atoms with E-state index in [1.54, 1.807) is 31.4 Å². The molecule has 168 valence electrons. The Morgan fingerprint density at radius 1 is 1.23 bits per heavy atom. The highest BCUT2D eigenvalue weighted by molar-refractivity contribution is 6.30. The van der Waals surface area contributed by atoms with E-state index in [4.69, 9.17) is 21.1 Å². The SMILES string of the molecule is COc1cccc(C2(O)CCC(NC(=O)COc3ccc(Cl)cc3)CC2CN(C)C)c1. The molecule has 3 rings (SSSR count). The number of aliphatic hydroxyl groups is 1. The van der Waals surface area contributed by atoms with Crippen molar-refractivity contribution in [2.24, 2.45) is 5.92 Å². The summed E-state index contributed by atoms with van der Waals surface area (Å²) in [6.45, 7) is 0.651. The highest BCUT2D eigenvalue weighted by Gasteiger charge is 2.44. The molecular formula is C24H31ClN2O4. The Hall–Kier alpha value is -2.28. The van der Waals surface area contributed by atoms with Crippen LogP contribution in [0.4, 0.5) is 0 Å². The van der Waals surface area contributed by atoms with Crippen LogP contribution >= 0.6 is 11.6 Å². The fraction of sp³-hybridized carbons (Fsp3) is 0.458. The fourth-order valence-corrected chi connectivity index (χ4v) is 4.40. The van der Waals surface area contributed by atoms with E-state index in [1.165, 1.54) is 0 Å². The third-order valence-electron chi connectivity index (χ3n) is 5.82. The number of carbonyl (C=O) groups excluding carboxylic acids is 1. The summed E-state index contributed by atoms with van der Waals surface area (Å²) < 4.78 is 10.9. The second kappa shape index (κ2) is 10.4. The second-order valence-corrected chi connectivity index (χ2v) is 8.83. The van der Waals surface area contributed by atoms with Gasteiger partial charge < -0.3 is 24.8 Å². The van der Waals surface area contributed by atoms with Crippen LogP contribution in [0, 0.1) is 5.92 Å². The van der Waals surface area contributed by atoms with Crippen molar-refractivity contribution in [1.29, 1.82) is 0 Å². The van der Waals surface area contributed by atoms with Crippen LogP contribution < -0.4 is 14.8 Å². The monoisotopic (exact) mass is 446 g/mol. The molecule has 0 radical (unpaired) electrons. The molecule has 2 N–H and O–H groups in total. The van der Waals surface area contributed by atoms with Crippen molar-refractivity contribution in [3.63, 3.8) is 0 Å². The molecule has 6 nitrogen and oxygen atoms in total. The van der Waals surface area contributed by atoms with Gasteiger partial charge in [-0.25, -0.2) is 0 Å². The van der Waals surface area contributed by atoms with Gasteiger partial charge in [0.1, 0.15) is 11.5 Å². The molecule has 0 bridgehead atoms. The average Bonchev–Trinajstić information content (AvgIpc) is 2.75. The Labute approximate surface area is 189 Å². The van der Waals surface area contributed by atoms with Gasteiger partial charge in [0.05, 0.1) is 12.7 Å². The summed E-state index contributed by atoms with van der Waals surface area (Å²) in [4.78, 5) is 14.5. The van der Waals surface area contributed by atoms with E-state index in [-0.39, 0.29) is 24.5 Å². The molecule has 7 heteroatoms. The number of amides is 1. The number of rotatable bonds is 8. The van der Waals surface area contributed by atoms with Crippen molar-refractivity contribution in [3.8, 4) is 11.5 Å². The maximum Gasteiger partial charge on any atom is 0.258 e. The normalized spacial score (nSPS) is 23.4. The van der Waals surface area contributed by atoms with E-state index in [2.05, 4.69) is 10.2 Å². The standard InChI is InChI=1S/C24H31ClN2O4/c1-27(2)15-18-13-20(26-23(28)16-31-21-9-7-19(25)8-10-21)11-12-24(18,29)17-5-4-6-22(14-17)30-3/h4-10,14,18,20,29H,11-13,15-16H2,1-3H3,(H,26,28). The number of halogens is 1. The molecular weight excluding hydrogens is 416 g/mol. The Balaban J connectivity index is 1.64. The predicted molar refractivity (Wildman–Crippen MR) is 122 cm³/mol. The third-order valence-corrected chi connectivity index (χ3v) is 6.07. The molecule has 3 unspecified atom stereocenters. The largest absolute Gasteiger partial charge is 0.497 e. The highest BCUT2D eigenvalue weighted by Crippen LogP contribution is 2.43. The quantitative estimate of drug-likeness (QED) is 0.649. The van der Waals surface area contributed by atoms with Gasteiger partial charge in [0.15, 0.2) is 6.61 Å². The average molecular weight is 447 g/mol. The molecule has 1 amide bonds. The zero-order valence-electron chi connectivity index (χ0n) is 18.3. The van der Waals surface area contributed by atoms with Crippen LogP contribution in [0.2, 0.25) is 5.02 Å². The van der Waals surface area contributed by atoms with Crippen molar-refractivity contribution in [3.05, 3.63) is 59.1 Å². The number of hydrogen-bond acceptors (Lipinski definition) is 5. The van der Waals surface area contributed by atoms with Crippen LogP contribution in [0.1, 0.15) is 24.8 Å². The number of hydrogen-bond donors (Lipinski definition) is 2. The predicted octanol–water partition coefficient (Wildman–Crippen LogP) is 3.46. The summed E-state index contributed by atoms with van der Waals surface area (Å²) in [5.41, 5.74) is -0.116. The van der Waals surface area contributed by atoms with Crippen LogP contribution in [0.3, 0.4) is 0 Å². The minimum Gasteiger partial charge on any atom is -0.497 e. The van der Waals surface area contributed by atoms with Crippen molar-refractivity contribution in [1.82, 2.24) is 10.2 Å². The maximum atomic E-state index is 12.4. The van der Waals surface area contributed by atoms with E-state index in [9.17, 15) is 9.90 Å². The van der Waals surface area contributed by atoms with E-state index in [0.717, 1.165) is 11.3 Å². The van der Waals surface area contributed by atoms with Gasteiger partial charge in [-0.05, 0) is 75.3 Å². The smallest absolute Gasteiger partial charge is 0.258 e. The molecule has 2 aromatic carbocycles. The lowest BCUT2D eigenvalue weighted by atomic mass is 9.69. The molecule has 0 saturated heterocycles. The Morgan fingerprint density at radius 3 is 2.65 bits per heavy atom. The molecule has 0 aromatic heterocycles. The lowest BCUT2D eigenvalue weighted by Gasteiger charge is -2.44. The minimum atomic E-state index is -0.972. The molecule has 1 saturated carbocycles. The van der Waals surface area contributed by atoms with Gasteiger partial charge in [-0.1, -0.05) is 23.7 Å². The molecule has 0 spiro atoms. The van der Waals surface area contributed by atoms with Crippen LogP contribution in [0.5, 0.6) is 11.5 Å². The number of carbonyl (C=O) groups is 1. The lowest BCUT2D eigenvalue weighted by molar-refractivity contribution is -0.125. The molecule has 1 aliphatic rings. The second-order valence-electron chi connectivity index (χ2n) is 8.40. The van der Waals surface area contributed by atoms with Gasteiger partial charge in [-0.3, -0.25) is 4.79 Å². The topological polar surface area (TPSA) is 71.0 Å². The van der Waals surface area contributed by atoms with Crippen molar-refractivity contribution in [2.75, 3.05) is 34.4 Å². The van der Waals surface area contributed by atoms with E-state index >= 15 is 0 Å². The van der Waals surface area contributed by atoms with Gasteiger partial charge in [-0.2, -0.15) is 0 Å². The molecule has 2 aromatic rings. The van der Waals surface area contributed by atoms with E-state index in [1.807, 2.05) is 38.4 Å². The number of benzene rings is 2. The molecule has 31 heavy (non-hydrogen) atoms. The van der Waals surface area contributed by atoms with Crippen molar-refractivity contribution >= 4 is 17.5 Å². The number of nitrogens with one attached hydrogen (secondary N) is 1. The summed E-state index contributed by atoms with van der Waals surface area (Å²) in [7, 11) is 5.61. The first-order valence-corrected chi connectivity index (χ1v) is 10.9. The number of methoxy groups -OCH3 is 1. The number of nitrogens with zero attached hydrogens (tertiary/aromatic N) is 1. The Kier molecular flexibility index (Phi) is 7.81. The van der Waals surface area contributed by atoms with Crippen molar-refractivity contribution in [2.45, 2.75) is 30.9 Å². The first kappa shape index (κ1) is 23.4. The molecule has 0 heterocycles. The fourth-order valence-electron chi connectivity index (χ4n) is 4.27. The summed E-state index contributed by atoms with van der Waals surface area (Å²) in [6, 6.07) is 14.5. The van der Waals surface area contributed by atoms with Crippen LogP contribution in [-0.2, 0) is 10.4 Å². The Morgan fingerprint density at radius 2 is 1.97 bits per heavy atom. The third kappa shape index (κ3) is 6.12. The zero-order chi connectivity index (χ0) is 22.4. The van der Waals surface area contributed by atoms with Gasteiger partial charge in [0.25, 0.3) is 5.91 Å². The van der Waals surface area contributed by atoms with Crippen LogP contribution in [0.15, 0.2) is 48.5 Å². The number of ether oxygens (including phenoxy) is 2. The Bertz CT molecular complexity index is 874. The molecule has 1 fully saturated rings. The summed E-state index contributed by atoms with van der Waals surface area (Å²) >= 11 is 5.87. The first-order chi connectivity index (χ1) is 14.8. The maximum absolute atomic E-state index is 12.4. The van der Waals surface area contributed by atoms with Crippen LogP contribution in [0.25, 0.3) is 0 Å². The summed E-state index contributed by atoms with van der Waals surface area (Å²) in [6.07, 6.45) is 1.92. The van der Waals surface area contributed by atoms with E-state index < -0.39 is 5.60 Å². The van der Waals surface area contributed by atoms with Crippen molar-refractivity contribution < 1.29 is 19.4 Å². The van der Waals surface area contributed by atoms with Crippen LogP contribution in [-0.4, -0.2) is 56.3 Å². The van der Waals surface area contributed by atoms with Gasteiger partial charge in [0, 0.05) is 23.5 Å². The van der Waals surface area contributed by atoms with Gasteiger partial charge in [0.2, 0.25) is 0 Å². The molecule has 0 aliphatic heterocycles. The zero-order valence-corrected chi connectivity index (χ0v) is 19.1. The first-order valence-electron chi connectivity index (χ1n) is 10.5. The molecule has 1 aliphatic carbocycles. The summed E-state index contributed by atoms with van der Waals surface area (Å²) in [5.74, 6) is 1.12.